The molecule has 88 heavy (non-hydrogen) atoms. The number of rotatable bonds is 11. The minimum Gasteiger partial charge on any atom is -1.00 e. The number of fused-ring (bicyclic) bond motifs is 9. The van der Waals surface area contributed by atoms with E-state index in [0.29, 0.717) is 95.1 Å². The van der Waals surface area contributed by atoms with E-state index in [1.165, 1.54) is 37.3 Å². The first-order valence-electron chi connectivity index (χ1n) is 32.1. The number of aromatic nitrogens is 6. The minimum atomic E-state index is -0.487. The van der Waals surface area contributed by atoms with Gasteiger partial charge in [0.15, 0.2) is 0 Å². The van der Waals surface area contributed by atoms with Crippen LogP contribution in [0.15, 0.2) is 92.2 Å². The predicted octanol–water partition coefficient (Wildman–Crippen LogP) is 8.42. The first kappa shape index (κ1) is 61.9. The fraction of sp³-hybridized carbons (Fsp3) is 0.586. The molecule has 13 nitrogen and oxygen atoms in total. The Morgan fingerprint density at radius 3 is 1.20 bits per heavy atom. The summed E-state index contributed by atoms with van der Waals surface area (Å²) >= 11 is 0. The number of aliphatic hydroxyl groups excluding tert-OH is 5. The number of nitrogens with zero attached hydrogens (tertiary/aromatic N) is 7. The van der Waals surface area contributed by atoms with Crippen LogP contribution >= 0.6 is 0 Å². The van der Waals surface area contributed by atoms with E-state index in [-0.39, 0.29) is 110 Å². The number of halogens is 3. The van der Waals surface area contributed by atoms with Gasteiger partial charge in [0, 0.05) is 61.4 Å². The van der Waals surface area contributed by atoms with Gasteiger partial charge in [-0.1, -0.05) is 36.4 Å². The number of hydrogen-bond donors (Lipinski definition) is 5. The van der Waals surface area contributed by atoms with Gasteiger partial charge in [-0.3, -0.25) is 0 Å². The number of aliphatic hydroxyl groups is 5. The van der Waals surface area contributed by atoms with Gasteiger partial charge in [-0.15, -0.1) is 0 Å². The molecule has 0 amide bonds. The predicted molar refractivity (Wildman–Crippen MR) is 321 cm³/mol. The zero-order chi connectivity index (χ0) is 59.1. The van der Waals surface area contributed by atoms with Gasteiger partial charge in [0.05, 0.1) is 103 Å². The van der Waals surface area contributed by atoms with Crippen LogP contribution < -0.4 is 29.6 Å². The maximum Gasteiger partial charge on any atom is 1.00 e. The van der Waals surface area contributed by atoms with E-state index in [2.05, 4.69) is 21.0 Å². The third-order valence-corrected chi connectivity index (χ3v) is 25.2. The van der Waals surface area contributed by atoms with Gasteiger partial charge in [0.2, 0.25) is 0 Å². The summed E-state index contributed by atoms with van der Waals surface area (Å²) in [5, 5.41) is 60.9. The molecule has 3 aromatic heterocycles. The molecule has 6 aromatic rings. The summed E-state index contributed by atoms with van der Waals surface area (Å²) in [5.74, 6) is 4.95. The molecule has 18 heteroatoms. The van der Waals surface area contributed by atoms with Gasteiger partial charge in [0.1, 0.15) is 23.7 Å². The van der Waals surface area contributed by atoms with Crippen molar-refractivity contribution in [1.82, 2.24) is 28.7 Å². The number of carbonyl (C=O) groups excluding carboxylic acids is 1. The van der Waals surface area contributed by atoms with Crippen LogP contribution in [0.1, 0.15) is 152 Å². The molecule has 3 radical (unpaired) electrons. The normalized spacial score (nSPS) is 36.6. The Balaban J connectivity index is 0.000000126. The van der Waals surface area contributed by atoms with Crippen molar-refractivity contribution in [2.75, 3.05) is 13.7 Å². The van der Waals surface area contributed by atoms with Crippen LogP contribution in [0.2, 0.25) is 0 Å². The summed E-state index contributed by atoms with van der Waals surface area (Å²) in [6.45, 7) is 0.286. The van der Waals surface area contributed by atoms with Gasteiger partial charge >= 0.3 is 29.6 Å². The van der Waals surface area contributed by atoms with Crippen LogP contribution in [-0.4, -0.2) is 101 Å². The van der Waals surface area contributed by atoms with E-state index in [9.17, 15) is 43.7 Å². The van der Waals surface area contributed by atoms with Crippen LogP contribution in [-0.2, 0) is 4.79 Å². The largest absolute Gasteiger partial charge is 1.00 e. The molecule has 12 aliphatic carbocycles. The molecular formula is C70H81BF3N7NaO6. The number of carbonyl (C=O) groups is 1. The van der Waals surface area contributed by atoms with E-state index in [0.717, 1.165) is 124 Å². The van der Waals surface area contributed by atoms with Crippen LogP contribution in [0, 0.1) is 116 Å². The summed E-state index contributed by atoms with van der Waals surface area (Å²) in [7, 11) is 1.00. The summed E-state index contributed by atoms with van der Waals surface area (Å²) in [6.07, 6.45) is 28.0. The van der Waals surface area contributed by atoms with Gasteiger partial charge in [-0.25, -0.2) is 28.1 Å². The molecule has 6 heterocycles. The Kier molecular flexibility index (Phi) is 16.6. The zero-order valence-corrected chi connectivity index (χ0v) is 52.6. The third kappa shape index (κ3) is 9.66. The van der Waals surface area contributed by atoms with Crippen molar-refractivity contribution in [3.05, 3.63) is 126 Å². The van der Waals surface area contributed by atoms with Gasteiger partial charge in [-0.2, -0.15) is 5.26 Å². The second-order valence-corrected chi connectivity index (χ2v) is 29.2. The number of hydrogen-bond acceptors (Lipinski definition) is 10. The number of benzene rings is 3. The number of aldehydes is 1. The van der Waals surface area contributed by atoms with E-state index in [4.69, 9.17) is 5.11 Å². The fourth-order valence-electron chi connectivity index (χ4n) is 22.4. The Labute approximate surface area is 539 Å². The SMILES string of the molecule is CO.N#CC1C2CC3CC1CC(C(O)CC1c4c(F)cccc4-c4cncn41)(C3)C2.O=CC1C2CC3CC1CC(C(O)CC1c4c(F)cccc4-c4cncn41)(C3)C2.OCC1C2CC3CC1CC(C(O)CC1c4c(F)cccc4-c4cncn41)(C3)C2.[B].[H-].[Na+]. The molecule has 457 valence electrons. The molecule has 5 N–H and O–H groups in total. The molecule has 12 saturated carbocycles. The first-order chi connectivity index (χ1) is 41.8. The van der Waals surface area contributed by atoms with Crippen LogP contribution in [0.4, 0.5) is 13.2 Å². The third-order valence-electron chi connectivity index (χ3n) is 25.2. The van der Waals surface area contributed by atoms with Crippen LogP contribution in [0.5, 0.6) is 0 Å². The molecule has 12 atom stereocenters. The Morgan fingerprint density at radius 1 is 0.557 bits per heavy atom. The standard InChI is InChI=1S/C23H24FN3O.C23H27FN2O2.C23H25FN2O2.CH4O.B.Na.H/c24-18-3-1-2-16-20-11-26-12-27(20)19(22(16)18)6-21(28)23-7-13-4-14(8-23)17(10-25)15(5-13)9-23;2*24-18-3-1-2-16-20-10-25-12-26(20)19(22(16)18)6-21(28)23-7-13-4-14(8-23)17(11-27)15(5-13)9-23;1-2;;;/h1-3,11-15,17,19,21,28H,4-9H2;1-3,10,12-15,17,19,21,27-28H,4-9,11H2;1-3,10-15,17,19,21,28H,4-9H2;2H,1H3;;;/q;;;;;+1;-1. The van der Waals surface area contributed by atoms with Crippen molar-refractivity contribution in [1.29, 1.82) is 5.26 Å². The fourth-order valence-corrected chi connectivity index (χ4v) is 22.4. The van der Waals surface area contributed by atoms with Crippen molar-refractivity contribution < 1.29 is 74.5 Å². The van der Waals surface area contributed by atoms with Crippen molar-refractivity contribution in [3.63, 3.8) is 0 Å². The Hall–Kier alpha value is -4.90. The molecule has 3 aliphatic heterocycles. The van der Waals surface area contributed by atoms with E-state index < -0.39 is 18.3 Å². The average Bonchev–Trinajstić information content (AvgIpc) is 2.51. The topological polar surface area (TPSA) is 195 Å². The molecule has 12 bridgehead atoms. The zero-order valence-electron chi connectivity index (χ0n) is 51.6. The number of nitriles is 1. The first-order valence-corrected chi connectivity index (χ1v) is 32.1. The second-order valence-electron chi connectivity index (χ2n) is 29.2. The second kappa shape index (κ2) is 23.7. The van der Waals surface area contributed by atoms with Crippen molar-refractivity contribution >= 4 is 14.7 Å². The van der Waals surface area contributed by atoms with Crippen molar-refractivity contribution in [2.24, 2.45) is 87.3 Å². The van der Waals surface area contributed by atoms with Gasteiger partial charge < -0.3 is 45.5 Å². The monoisotopic (exact) mass is 1210 g/mol. The van der Waals surface area contributed by atoms with Gasteiger partial charge in [-0.05, 0) is 209 Å². The van der Waals surface area contributed by atoms with E-state index >= 15 is 0 Å². The quantitative estimate of drug-likeness (QED) is 0.0621. The van der Waals surface area contributed by atoms with Gasteiger partial charge in [0.25, 0.3) is 0 Å². The smallest absolute Gasteiger partial charge is 1.00 e. The molecule has 21 rings (SSSR count). The Morgan fingerprint density at radius 2 is 0.875 bits per heavy atom. The van der Waals surface area contributed by atoms with Crippen LogP contribution in [0.3, 0.4) is 0 Å². The van der Waals surface area contributed by atoms with E-state index in [1.807, 2.05) is 31.9 Å². The minimum absolute atomic E-state index is 0. The molecular weight excluding hydrogens is 1130 g/mol. The molecule has 0 saturated heterocycles. The molecule has 12 fully saturated rings. The summed E-state index contributed by atoms with van der Waals surface area (Å²) in [4.78, 5) is 24.4. The molecule has 0 spiro atoms. The van der Waals surface area contributed by atoms with Crippen LogP contribution in [0.25, 0.3) is 33.8 Å². The molecule has 3 aromatic carbocycles. The Bertz CT molecular complexity index is 3590. The molecule has 12 unspecified atom stereocenters. The maximum atomic E-state index is 14.7. The summed E-state index contributed by atoms with van der Waals surface area (Å²) < 4.78 is 50.3. The van der Waals surface area contributed by atoms with Crippen molar-refractivity contribution in [3.8, 4) is 39.8 Å². The average molecular weight is 1210 g/mol. The number of imidazole rings is 3. The maximum absolute atomic E-state index is 14.7. The summed E-state index contributed by atoms with van der Waals surface area (Å²) in [5.41, 5.74) is 7.31. The summed E-state index contributed by atoms with van der Waals surface area (Å²) in [6, 6.07) is 17.6. The molecule has 15 aliphatic rings. The van der Waals surface area contributed by atoms with E-state index in [1.54, 1.807) is 55.8 Å². The van der Waals surface area contributed by atoms with Crippen molar-refractivity contribution in [2.45, 2.75) is 152 Å².